The topological polar surface area (TPSA) is 108 Å². The molecule has 1 aromatic rings. The van der Waals surface area contributed by atoms with Crippen LogP contribution in [-0.2, 0) is 14.4 Å². The fourth-order valence-electron chi connectivity index (χ4n) is 1.35. The van der Waals surface area contributed by atoms with Crippen LogP contribution in [0.4, 0.5) is 5.69 Å². The van der Waals surface area contributed by atoms with E-state index in [-0.39, 0.29) is 25.4 Å². The van der Waals surface area contributed by atoms with E-state index in [1.54, 1.807) is 24.3 Å². The highest BCUT2D eigenvalue weighted by Crippen LogP contribution is 2.16. The van der Waals surface area contributed by atoms with E-state index in [9.17, 15) is 9.59 Å². The van der Waals surface area contributed by atoms with E-state index in [1.807, 2.05) is 0 Å². The van der Waals surface area contributed by atoms with Crippen LogP contribution in [-0.4, -0.2) is 34.3 Å². The summed E-state index contributed by atoms with van der Waals surface area (Å²) in [7, 11) is 0. The molecule has 0 aliphatic heterocycles. The van der Waals surface area contributed by atoms with Gasteiger partial charge in [-0.3, -0.25) is 24.8 Å². The fourth-order valence-corrected chi connectivity index (χ4v) is 1.35. The number of nitrogens with one attached hydrogen (secondary N) is 1. The lowest BCUT2D eigenvalue weighted by Crippen LogP contribution is -2.16. The second kappa shape index (κ2) is 8.23. The number of carbonyl (C=O) groups excluding carboxylic acids is 2. The summed E-state index contributed by atoms with van der Waals surface area (Å²) < 4.78 is 5.04. The highest BCUT2D eigenvalue weighted by atomic mass is 17.1. The Bertz CT molecular complexity index is 446. The van der Waals surface area contributed by atoms with Crippen LogP contribution < -0.4 is 10.1 Å². The van der Waals surface area contributed by atoms with E-state index in [0.29, 0.717) is 11.4 Å². The third kappa shape index (κ3) is 6.81. The Labute approximate surface area is 115 Å². The van der Waals surface area contributed by atoms with Crippen molar-refractivity contribution in [3.8, 4) is 5.75 Å². The summed E-state index contributed by atoms with van der Waals surface area (Å²) in [6.07, 6.45) is 0.349. The minimum atomic E-state index is -0.469. The molecule has 0 saturated heterocycles. The lowest BCUT2D eigenvalue weighted by molar-refractivity contribution is -0.492. The first kappa shape index (κ1) is 16.1. The molecular formula is C12H16N2O6. The van der Waals surface area contributed by atoms with Crippen molar-refractivity contribution in [3.05, 3.63) is 24.3 Å². The molecule has 0 spiro atoms. The van der Waals surface area contributed by atoms with Gasteiger partial charge in [0.05, 0.1) is 12.0 Å². The maximum absolute atomic E-state index is 11.4. The molecule has 20 heavy (non-hydrogen) atoms. The zero-order valence-corrected chi connectivity index (χ0v) is 10.9. The largest absolute Gasteiger partial charge is 0.427 e. The van der Waals surface area contributed by atoms with E-state index in [4.69, 9.17) is 15.2 Å². The third-order valence-corrected chi connectivity index (χ3v) is 2.14. The summed E-state index contributed by atoms with van der Waals surface area (Å²) in [5.41, 5.74) is 0.608. The number of carbonyl (C=O) groups is 2. The first-order chi connectivity index (χ1) is 9.47. The molecule has 8 nitrogen and oxygen atoms in total. The molecule has 0 radical (unpaired) electrons. The van der Waals surface area contributed by atoms with Crippen LogP contribution in [0.3, 0.4) is 0 Å². The maximum Gasteiger partial charge on any atom is 0.311 e. The number of amides is 1. The molecule has 1 aromatic carbocycles. The summed E-state index contributed by atoms with van der Waals surface area (Å²) in [4.78, 5) is 26.5. The Morgan fingerprint density at radius 2 is 1.90 bits per heavy atom. The zero-order valence-electron chi connectivity index (χ0n) is 10.9. The average molecular weight is 284 g/mol. The molecule has 0 atom stereocenters. The lowest BCUT2D eigenvalue weighted by Gasteiger charge is -2.07. The van der Waals surface area contributed by atoms with Gasteiger partial charge in [-0.1, -0.05) is 0 Å². The van der Waals surface area contributed by atoms with Gasteiger partial charge in [0.1, 0.15) is 5.75 Å². The van der Waals surface area contributed by atoms with Crippen molar-refractivity contribution < 1.29 is 29.6 Å². The van der Waals surface area contributed by atoms with Gasteiger partial charge in [-0.15, -0.1) is 0 Å². The molecule has 1 amide bonds. The van der Waals surface area contributed by atoms with Gasteiger partial charge in [0.2, 0.25) is 5.91 Å². The Hall–Kier alpha value is -2.00. The molecule has 110 valence electrons. The molecule has 0 aliphatic carbocycles. The van der Waals surface area contributed by atoms with E-state index < -0.39 is 11.4 Å². The van der Waals surface area contributed by atoms with Gasteiger partial charge in [-0.05, 0) is 30.7 Å². The van der Waals surface area contributed by atoms with Gasteiger partial charge in [0.15, 0.2) is 0 Å². The molecule has 0 aliphatic rings. The minimum Gasteiger partial charge on any atom is -0.427 e. The van der Waals surface area contributed by atoms with Crippen LogP contribution in [0.15, 0.2) is 24.3 Å². The summed E-state index contributed by atoms with van der Waals surface area (Å²) >= 11 is 0. The van der Waals surface area contributed by atoms with Crippen LogP contribution in [0.5, 0.6) is 5.75 Å². The summed E-state index contributed by atoms with van der Waals surface area (Å²) in [6.45, 7) is 1.37. The van der Waals surface area contributed by atoms with Crippen molar-refractivity contribution in [1.82, 2.24) is 5.39 Å². The monoisotopic (exact) mass is 284 g/mol. The first-order valence-electron chi connectivity index (χ1n) is 5.86. The van der Waals surface area contributed by atoms with Crippen molar-refractivity contribution in [2.75, 3.05) is 11.9 Å². The Morgan fingerprint density at radius 3 is 2.45 bits per heavy atom. The van der Waals surface area contributed by atoms with Crippen LogP contribution in [0, 0.1) is 0 Å². The molecule has 0 aromatic heterocycles. The molecule has 0 heterocycles. The van der Waals surface area contributed by atoms with Gasteiger partial charge < -0.3 is 10.1 Å². The van der Waals surface area contributed by atoms with E-state index in [2.05, 4.69) is 10.2 Å². The number of hydrogen-bond donors (Lipinski definition) is 3. The molecule has 0 unspecified atom stereocenters. The Morgan fingerprint density at radius 1 is 1.25 bits per heavy atom. The zero-order chi connectivity index (χ0) is 15.0. The minimum absolute atomic E-state index is 0.0242. The van der Waals surface area contributed by atoms with Crippen LogP contribution in [0.2, 0.25) is 0 Å². The second-order valence-corrected chi connectivity index (χ2v) is 3.87. The van der Waals surface area contributed by atoms with Crippen LogP contribution in [0.1, 0.15) is 19.8 Å². The third-order valence-electron chi connectivity index (χ3n) is 2.14. The number of ether oxygens (including phenoxy) is 1. The predicted molar refractivity (Wildman–Crippen MR) is 67.0 cm³/mol. The highest BCUT2D eigenvalue weighted by molar-refractivity contribution is 5.88. The fraction of sp³-hybridized carbons (Fsp3) is 0.333. The van der Waals surface area contributed by atoms with Crippen molar-refractivity contribution in [2.45, 2.75) is 19.8 Å². The Balaban J connectivity index is 2.33. The second-order valence-electron chi connectivity index (χ2n) is 3.87. The van der Waals surface area contributed by atoms with Gasteiger partial charge >= 0.3 is 5.97 Å². The summed E-state index contributed by atoms with van der Waals surface area (Å²) in [5.74, 6) is -0.296. The predicted octanol–water partition coefficient (Wildman–Crippen LogP) is 1.34. The molecular weight excluding hydrogens is 268 g/mol. The smallest absolute Gasteiger partial charge is 0.311 e. The number of benzene rings is 1. The molecule has 0 saturated carbocycles. The van der Waals surface area contributed by atoms with Crippen molar-refractivity contribution in [1.29, 1.82) is 0 Å². The SMILES string of the molecule is CC(=O)Nc1ccc(OC(=O)CCCON(O)O)cc1. The standard InChI is InChI=1S/C12H16N2O6/c1-9(15)13-10-4-6-11(7-5-10)20-12(16)3-2-8-19-14(17)18/h4-7,17-18H,2-3,8H2,1H3,(H,13,15). The van der Waals surface area contributed by atoms with Crippen molar-refractivity contribution >= 4 is 17.6 Å². The first-order valence-corrected chi connectivity index (χ1v) is 5.86. The van der Waals surface area contributed by atoms with Crippen LogP contribution >= 0.6 is 0 Å². The van der Waals surface area contributed by atoms with Gasteiger partial charge in [0, 0.05) is 19.0 Å². The van der Waals surface area contributed by atoms with E-state index in [0.717, 1.165) is 0 Å². The van der Waals surface area contributed by atoms with E-state index >= 15 is 0 Å². The normalized spacial score (nSPS) is 10.4. The van der Waals surface area contributed by atoms with Gasteiger partial charge in [-0.25, -0.2) is 0 Å². The molecule has 1 rings (SSSR count). The lowest BCUT2D eigenvalue weighted by atomic mass is 10.3. The van der Waals surface area contributed by atoms with Gasteiger partial charge in [0.25, 0.3) is 0 Å². The highest BCUT2D eigenvalue weighted by Gasteiger charge is 2.06. The molecule has 3 N–H and O–H groups in total. The van der Waals surface area contributed by atoms with Crippen LogP contribution in [0.25, 0.3) is 0 Å². The molecule has 0 fully saturated rings. The van der Waals surface area contributed by atoms with Gasteiger partial charge in [-0.2, -0.15) is 0 Å². The molecule has 0 bridgehead atoms. The number of hydrogen-bond acceptors (Lipinski definition) is 7. The molecule has 8 heteroatoms. The summed E-state index contributed by atoms with van der Waals surface area (Å²) in [5, 5.41) is 18.7. The number of rotatable bonds is 7. The number of nitrogens with zero attached hydrogens (tertiary/aromatic N) is 1. The quantitative estimate of drug-likeness (QED) is 0.300. The number of esters is 1. The Kier molecular flexibility index (Phi) is 6.60. The average Bonchev–Trinajstić information content (AvgIpc) is 2.36. The van der Waals surface area contributed by atoms with Crippen molar-refractivity contribution in [3.63, 3.8) is 0 Å². The van der Waals surface area contributed by atoms with Crippen molar-refractivity contribution in [2.24, 2.45) is 0 Å². The maximum atomic E-state index is 11.4. The van der Waals surface area contributed by atoms with E-state index in [1.165, 1.54) is 6.92 Å². The number of anilines is 1. The summed E-state index contributed by atoms with van der Waals surface area (Å²) in [6, 6.07) is 6.34.